The molecular weight excluding hydrogens is 552 g/mol. The summed E-state index contributed by atoms with van der Waals surface area (Å²) in [6.07, 6.45) is 4.91. The maximum Gasteiger partial charge on any atom is 0.518 e. The molecule has 3 aromatic carbocycles. The fourth-order valence-electron chi connectivity index (χ4n) is 5.13. The van der Waals surface area contributed by atoms with Gasteiger partial charge in [0.15, 0.2) is 0 Å². The van der Waals surface area contributed by atoms with Gasteiger partial charge in [0.2, 0.25) is 5.66 Å². The minimum absolute atomic E-state index is 0.195. The second-order valence-electron chi connectivity index (χ2n) is 10.1. The summed E-state index contributed by atoms with van der Waals surface area (Å²) in [4.78, 5) is 17.4. The molecule has 0 aliphatic heterocycles. The zero-order chi connectivity index (χ0) is 30.2. The molecule has 214 valence electrons. The third-order valence-corrected chi connectivity index (χ3v) is 8.40. The van der Waals surface area contributed by atoms with Crippen molar-refractivity contribution in [1.82, 2.24) is 4.98 Å². The van der Waals surface area contributed by atoms with E-state index < -0.39 is 38.0 Å². The largest absolute Gasteiger partial charge is 0.518 e. The van der Waals surface area contributed by atoms with Crippen LogP contribution in [0.3, 0.4) is 0 Å². The van der Waals surface area contributed by atoms with E-state index in [9.17, 15) is 18.9 Å². The molecule has 4 rings (SSSR count). The molecule has 0 fully saturated rings. The van der Waals surface area contributed by atoms with Crippen molar-refractivity contribution in [2.45, 2.75) is 43.9 Å². The van der Waals surface area contributed by atoms with Gasteiger partial charge in [0.05, 0.1) is 30.8 Å². The molecule has 8 heteroatoms. The van der Waals surface area contributed by atoms with Crippen molar-refractivity contribution in [1.29, 1.82) is 0 Å². The van der Waals surface area contributed by atoms with Crippen molar-refractivity contribution >= 4 is 14.0 Å². The van der Waals surface area contributed by atoms with Crippen molar-refractivity contribution in [2.75, 3.05) is 7.11 Å². The van der Waals surface area contributed by atoms with Gasteiger partial charge in [-0.15, -0.1) is 4.52 Å². The SMILES string of the molecule is C#COC(=O)CC(O)C(c1c(-c2ccc(F)cc2)cc(C(c2ccccc2)c2ccccc2)nc1C(C)C)[P+](=O)OC. The average molecular weight is 585 g/mol. The summed E-state index contributed by atoms with van der Waals surface area (Å²) in [5.74, 6) is -1.72. The van der Waals surface area contributed by atoms with E-state index in [1.165, 1.54) is 19.2 Å². The fraction of sp³-hybridized carbons (Fsp3) is 0.235. The first-order valence-corrected chi connectivity index (χ1v) is 14.7. The monoisotopic (exact) mass is 584 g/mol. The van der Waals surface area contributed by atoms with E-state index in [4.69, 9.17) is 15.9 Å². The van der Waals surface area contributed by atoms with Crippen LogP contribution in [-0.4, -0.2) is 29.3 Å². The summed E-state index contributed by atoms with van der Waals surface area (Å²) < 4.78 is 37.4. The number of carbonyl (C=O) groups is 1. The number of nitrogens with zero attached hydrogens (tertiary/aromatic N) is 1. The Labute approximate surface area is 246 Å². The van der Waals surface area contributed by atoms with Gasteiger partial charge in [-0.05, 0) is 50.9 Å². The third-order valence-electron chi connectivity index (χ3n) is 6.99. The van der Waals surface area contributed by atoms with E-state index in [1.807, 2.05) is 80.6 Å². The van der Waals surface area contributed by atoms with E-state index in [2.05, 4.69) is 4.74 Å². The van der Waals surface area contributed by atoms with E-state index in [0.717, 1.165) is 11.1 Å². The maximum atomic E-state index is 14.1. The molecule has 1 N–H and O–H groups in total. The molecule has 0 amide bonds. The van der Waals surface area contributed by atoms with E-state index in [-0.39, 0.29) is 11.8 Å². The highest BCUT2D eigenvalue weighted by Crippen LogP contribution is 2.51. The van der Waals surface area contributed by atoms with Crippen LogP contribution in [0, 0.1) is 18.3 Å². The smallest absolute Gasteiger partial charge is 0.387 e. The number of carbonyl (C=O) groups excluding carboxylic acids is 1. The lowest BCUT2D eigenvalue weighted by Crippen LogP contribution is -2.24. The van der Waals surface area contributed by atoms with Crippen LogP contribution in [0.4, 0.5) is 4.39 Å². The second-order valence-corrected chi connectivity index (χ2v) is 11.6. The van der Waals surface area contributed by atoms with Crippen molar-refractivity contribution in [3.05, 3.63) is 125 Å². The van der Waals surface area contributed by atoms with Crippen LogP contribution < -0.4 is 0 Å². The molecule has 1 aromatic heterocycles. The number of aliphatic hydroxyl groups is 1. The maximum absolute atomic E-state index is 14.1. The van der Waals surface area contributed by atoms with Gasteiger partial charge in [0, 0.05) is 5.56 Å². The van der Waals surface area contributed by atoms with Gasteiger partial charge in [0.1, 0.15) is 18.0 Å². The Morgan fingerprint density at radius 2 is 1.57 bits per heavy atom. The summed E-state index contributed by atoms with van der Waals surface area (Å²) in [5.41, 5.74) is 3.81. The first kappa shape index (κ1) is 30.7. The third kappa shape index (κ3) is 6.98. The molecule has 0 radical (unpaired) electrons. The molecule has 0 aliphatic rings. The molecule has 0 spiro atoms. The number of hydrogen-bond acceptors (Lipinski definition) is 6. The lowest BCUT2D eigenvalue weighted by molar-refractivity contribution is -0.139. The molecule has 1 heterocycles. The summed E-state index contributed by atoms with van der Waals surface area (Å²) in [7, 11) is -1.27. The minimum atomic E-state index is -2.54. The number of benzene rings is 3. The number of esters is 1. The van der Waals surface area contributed by atoms with Gasteiger partial charge in [-0.3, -0.25) is 9.78 Å². The summed E-state index contributed by atoms with van der Waals surface area (Å²) >= 11 is 0. The molecule has 0 saturated carbocycles. The molecule has 0 saturated heterocycles. The second kappa shape index (κ2) is 14.1. The van der Waals surface area contributed by atoms with Crippen molar-refractivity contribution in [3.63, 3.8) is 0 Å². The zero-order valence-corrected chi connectivity index (χ0v) is 24.5. The first-order chi connectivity index (χ1) is 20.2. The van der Waals surface area contributed by atoms with Crippen LogP contribution in [-0.2, 0) is 18.6 Å². The number of halogens is 1. The number of hydrogen-bond donors (Lipinski definition) is 1. The van der Waals surface area contributed by atoms with Crippen LogP contribution in [0.1, 0.15) is 65.8 Å². The predicted octanol–water partition coefficient (Wildman–Crippen LogP) is 7.51. The van der Waals surface area contributed by atoms with Gasteiger partial charge in [0.25, 0.3) is 0 Å². The Kier molecular flexibility index (Phi) is 10.3. The highest BCUT2D eigenvalue weighted by Gasteiger charge is 2.45. The minimum Gasteiger partial charge on any atom is -0.387 e. The Balaban J connectivity index is 2.05. The summed E-state index contributed by atoms with van der Waals surface area (Å²) in [6, 6.07) is 27.7. The Bertz CT molecular complexity index is 1530. The van der Waals surface area contributed by atoms with Gasteiger partial charge in [-0.1, -0.05) is 93.1 Å². The summed E-state index contributed by atoms with van der Waals surface area (Å²) in [6.45, 7) is 3.89. The highest BCUT2D eigenvalue weighted by molar-refractivity contribution is 7.39. The highest BCUT2D eigenvalue weighted by atomic mass is 31.1. The van der Waals surface area contributed by atoms with Crippen LogP contribution in [0.15, 0.2) is 91.0 Å². The van der Waals surface area contributed by atoms with E-state index in [0.29, 0.717) is 28.1 Å². The van der Waals surface area contributed by atoms with Crippen LogP contribution >= 0.6 is 8.03 Å². The lowest BCUT2D eigenvalue weighted by atomic mass is 9.84. The number of aromatic nitrogens is 1. The normalized spacial score (nSPS) is 13.0. The first-order valence-electron chi connectivity index (χ1n) is 13.5. The van der Waals surface area contributed by atoms with E-state index >= 15 is 0 Å². The van der Waals surface area contributed by atoms with Gasteiger partial charge >= 0.3 is 14.0 Å². The number of terminal acetylenes is 1. The van der Waals surface area contributed by atoms with Gasteiger partial charge < -0.3 is 9.84 Å². The van der Waals surface area contributed by atoms with Crippen LogP contribution in [0.5, 0.6) is 0 Å². The Hall–Kier alpha value is -4.21. The van der Waals surface area contributed by atoms with Crippen LogP contribution in [0.25, 0.3) is 11.1 Å². The van der Waals surface area contributed by atoms with Gasteiger partial charge in [-0.2, -0.15) is 0 Å². The number of ether oxygens (including phenoxy) is 1. The zero-order valence-electron chi connectivity index (χ0n) is 23.6. The number of rotatable bonds is 11. The van der Waals surface area contributed by atoms with Crippen molar-refractivity contribution in [2.24, 2.45) is 0 Å². The molecular formula is C34H32FNO5P+. The number of aliphatic hydroxyl groups excluding tert-OH is 1. The molecule has 6 nitrogen and oxygen atoms in total. The molecule has 0 bridgehead atoms. The Morgan fingerprint density at radius 3 is 2.07 bits per heavy atom. The van der Waals surface area contributed by atoms with Crippen LogP contribution in [0.2, 0.25) is 0 Å². The molecule has 42 heavy (non-hydrogen) atoms. The summed E-state index contributed by atoms with van der Waals surface area (Å²) in [5, 5.41) is 11.3. The lowest BCUT2D eigenvalue weighted by Gasteiger charge is -2.25. The predicted molar refractivity (Wildman–Crippen MR) is 160 cm³/mol. The van der Waals surface area contributed by atoms with Crippen molar-refractivity contribution < 1.29 is 28.1 Å². The molecule has 3 atom stereocenters. The standard InChI is InChI=1S/C34H32FNO5P/c1-5-41-30(38)21-29(37)34(42(39)40-4)32-27(23-16-18-26(35)19-17-23)20-28(36-33(32)22(2)3)31(24-12-8-6-9-13-24)25-14-10-7-11-15-25/h1,6-20,22,29,31,34,37H,21H2,2-4H3/q+1. The fourth-order valence-corrected chi connectivity index (χ4v) is 6.22. The average Bonchev–Trinajstić information content (AvgIpc) is 2.99. The van der Waals surface area contributed by atoms with Gasteiger partial charge in [-0.25, -0.2) is 4.39 Å². The molecule has 4 aromatic rings. The molecule has 0 aliphatic carbocycles. The quantitative estimate of drug-likeness (QED) is 0.112. The van der Waals surface area contributed by atoms with E-state index in [1.54, 1.807) is 18.2 Å². The molecule has 3 unspecified atom stereocenters. The Morgan fingerprint density at radius 1 is 1.00 bits per heavy atom. The van der Waals surface area contributed by atoms with Crippen molar-refractivity contribution in [3.8, 4) is 23.7 Å². The number of pyridine rings is 1. The topological polar surface area (TPSA) is 85.7 Å².